The Morgan fingerprint density at radius 3 is 2.17 bits per heavy atom. The molecule has 0 heterocycles. The molecule has 0 aliphatic heterocycles. The first-order valence-electron chi connectivity index (χ1n) is 10.4. The summed E-state index contributed by atoms with van der Waals surface area (Å²) in [6.45, 7) is 13.2. The number of rotatable bonds is 3. The fourth-order valence-electron chi connectivity index (χ4n) is 5.14. The summed E-state index contributed by atoms with van der Waals surface area (Å²) >= 11 is 0. The number of allylic oxidation sites excluding steroid dienone is 3. The molecule has 0 atom stereocenters. The van der Waals surface area contributed by atoms with Crippen LogP contribution in [0.3, 0.4) is 0 Å². The molecule has 2 heteroatoms. The third-order valence-corrected chi connectivity index (χ3v) is 6.90. The van der Waals surface area contributed by atoms with E-state index in [0.717, 1.165) is 30.4 Å². The molecule has 2 aromatic carbocycles. The van der Waals surface area contributed by atoms with Crippen LogP contribution in [0, 0.1) is 11.5 Å². The Hall–Kier alpha value is -1.76. The molecule has 0 saturated carbocycles. The first-order chi connectivity index (χ1) is 13.3. The van der Waals surface area contributed by atoms with Gasteiger partial charge in [-0.1, -0.05) is 75.8 Å². The van der Waals surface area contributed by atoms with Crippen molar-refractivity contribution >= 4 is 5.71 Å². The smallest absolute Gasteiger partial charge is 0 e. The summed E-state index contributed by atoms with van der Waals surface area (Å²) in [7, 11) is 0. The zero-order chi connectivity index (χ0) is 20.1. The van der Waals surface area contributed by atoms with E-state index in [0.29, 0.717) is 5.71 Å². The summed E-state index contributed by atoms with van der Waals surface area (Å²) in [5.41, 5.74) is 9.23. The van der Waals surface area contributed by atoms with Crippen LogP contribution in [0.4, 0.5) is 0 Å². The van der Waals surface area contributed by atoms with E-state index in [-0.39, 0.29) is 30.9 Å². The third-order valence-electron chi connectivity index (χ3n) is 6.90. The average Bonchev–Trinajstić information content (AvgIpc) is 2.72. The molecule has 1 N–H and O–H groups in total. The van der Waals surface area contributed by atoms with Gasteiger partial charge >= 0.3 is 0 Å². The van der Waals surface area contributed by atoms with Crippen LogP contribution in [0.1, 0.15) is 81.2 Å². The van der Waals surface area contributed by atoms with Gasteiger partial charge in [0.2, 0.25) is 0 Å². The first-order valence-corrected chi connectivity index (χ1v) is 10.4. The first kappa shape index (κ1) is 21.9. The van der Waals surface area contributed by atoms with Crippen molar-refractivity contribution in [3.8, 4) is 0 Å². The third kappa shape index (κ3) is 3.41. The number of fused-ring (bicyclic) bond motifs is 2. The number of benzene rings is 2. The van der Waals surface area contributed by atoms with Gasteiger partial charge in [0.25, 0.3) is 0 Å². The van der Waals surface area contributed by atoms with E-state index in [9.17, 15) is 0 Å². The van der Waals surface area contributed by atoms with E-state index in [1.165, 1.54) is 34.2 Å². The summed E-state index contributed by atoms with van der Waals surface area (Å²) in [5, 5.41) is 8.91. The molecule has 29 heavy (non-hydrogen) atoms. The molecule has 2 aromatic rings. The van der Waals surface area contributed by atoms with Gasteiger partial charge in [-0.15, -0.1) is 34.9 Å². The van der Waals surface area contributed by atoms with Gasteiger partial charge in [0.15, 0.2) is 0 Å². The number of nitrogens with one attached hydrogen (secondary N) is 1. The van der Waals surface area contributed by atoms with Gasteiger partial charge in [-0.2, -0.15) is 0 Å². The van der Waals surface area contributed by atoms with Crippen LogP contribution in [0.25, 0.3) is 0 Å². The molecule has 4 rings (SSSR count). The minimum absolute atomic E-state index is 0. The Kier molecular flexibility index (Phi) is 5.91. The quantitative estimate of drug-likeness (QED) is 0.313. The summed E-state index contributed by atoms with van der Waals surface area (Å²) in [6.07, 6.45) is 6.32. The fourth-order valence-corrected chi connectivity index (χ4v) is 5.14. The molecule has 0 amide bonds. The van der Waals surface area contributed by atoms with Crippen LogP contribution in [-0.4, -0.2) is 5.71 Å². The molecule has 1 nitrogen and oxygen atoms in total. The van der Waals surface area contributed by atoms with E-state index in [1.807, 2.05) is 6.08 Å². The topological polar surface area (TPSA) is 23.9 Å². The minimum Gasteiger partial charge on any atom is -0.349 e. The van der Waals surface area contributed by atoms with Crippen LogP contribution >= 0.6 is 0 Å². The average molecular weight is 561 g/mol. The zero-order valence-corrected chi connectivity index (χ0v) is 20.3. The minimum atomic E-state index is -0.0895. The van der Waals surface area contributed by atoms with Crippen molar-refractivity contribution < 1.29 is 20.1 Å². The normalized spacial score (nSPS) is 18.9. The fraction of sp³-hybridized carbons (Fsp3) is 0.370. The van der Waals surface area contributed by atoms with Crippen molar-refractivity contribution in [3.63, 3.8) is 0 Å². The summed E-state index contributed by atoms with van der Waals surface area (Å²) < 4.78 is 0. The van der Waals surface area contributed by atoms with Gasteiger partial charge in [0, 0.05) is 20.1 Å². The van der Waals surface area contributed by atoms with Crippen molar-refractivity contribution in [1.82, 2.24) is 0 Å². The molecule has 0 saturated heterocycles. The van der Waals surface area contributed by atoms with Crippen molar-refractivity contribution in [2.75, 3.05) is 0 Å². The van der Waals surface area contributed by atoms with Crippen molar-refractivity contribution in [2.24, 2.45) is 0 Å². The van der Waals surface area contributed by atoms with Gasteiger partial charge in [0.05, 0.1) is 0 Å². The Morgan fingerprint density at radius 1 is 0.966 bits per heavy atom. The van der Waals surface area contributed by atoms with E-state index in [4.69, 9.17) is 5.41 Å². The molecule has 0 fully saturated rings. The van der Waals surface area contributed by atoms with Crippen LogP contribution in [0.5, 0.6) is 0 Å². The Bertz CT molecular complexity index is 1010. The molecule has 2 aliphatic carbocycles. The van der Waals surface area contributed by atoms with Gasteiger partial charge in [0.1, 0.15) is 0 Å². The zero-order valence-electron chi connectivity index (χ0n) is 17.9. The second-order valence-electron chi connectivity index (χ2n) is 9.26. The Balaban J connectivity index is 0.00000240. The van der Waals surface area contributed by atoms with E-state index in [1.54, 1.807) is 0 Å². The molecule has 0 spiro atoms. The van der Waals surface area contributed by atoms with Gasteiger partial charge in [-0.25, -0.2) is 0 Å². The van der Waals surface area contributed by atoms with Gasteiger partial charge in [-0.05, 0) is 53.4 Å². The van der Waals surface area contributed by atoms with Crippen molar-refractivity contribution in [3.05, 3.63) is 94.1 Å². The number of hydrogen-bond donors (Lipinski definition) is 1. The molecular formula is C27H30IrN-. The molecule has 2 aliphatic rings. The Labute approximate surface area is 189 Å². The van der Waals surface area contributed by atoms with Gasteiger partial charge in [-0.3, -0.25) is 0 Å². The second-order valence-corrected chi connectivity index (χ2v) is 9.26. The molecular weight excluding hydrogens is 531 g/mol. The van der Waals surface area contributed by atoms with Crippen LogP contribution in [0.2, 0.25) is 0 Å². The largest absolute Gasteiger partial charge is 0.349 e. The van der Waals surface area contributed by atoms with Gasteiger partial charge < -0.3 is 5.41 Å². The second kappa shape index (κ2) is 7.82. The summed E-state index contributed by atoms with van der Waals surface area (Å²) in [4.78, 5) is 0. The van der Waals surface area contributed by atoms with E-state index >= 15 is 0 Å². The van der Waals surface area contributed by atoms with Crippen LogP contribution < -0.4 is 0 Å². The molecule has 0 unspecified atom stereocenters. The SMILES string of the molecule is C=CC1=C(C(=N)c2[c-]cc3c(c2)C(C)(C)c2ccccc2C3(C)C)CCCC1.[Ir]. The van der Waals surface area contributed by atoms with E-state index < -0.39 is 0 Å². The molecule has 0 aromatic heterocycles. The summed E-state index contributed by atoms with van der Waals surface area (Å²) in [5.74, 6) is 0. The molecule has 1 radical (unpaired) electrons. The van der Waals surface area contributed by atoms with Crippen molar-refractivity contribution in [1.29, 1.82) is 5.41 Å². The monoisotopic (exact) mass is 561 g/mol. The maximum atomic E-state index is 8.91. The van der Waals surface area contributed by atoms with Crippen LogP contribution in [-0.2, 0) is 30.9 Å². The van der Waals surface area contributed by atoms with Crippen LogP contribution in [0.15, 0.2) is 60.2 Å². The Morgan fingerprint density at radius 2 is 1.55 bits per heavy atom. The summed E-state index contributed by atoms with van der Waals surface area (Å²) in [6, 6.07) is 16.7. The molecule has 153 valence electrons. The maximum Gasteiger partial charge on any atom is 0 e. The molecule has 0 bridgehead atoms. The predicted octanol–water partition coefficient (Wildman–Crippen LogP) is 6.87. The maximum absolute atomic E-state index is 8.91. The van der Waals surface area contributed by atoms with E-state index in [2.05, 4.69) is 76.7 Å². The van der Waals surface area contributed by atoms with Crippen molar-refractivity contribution in [2.45, 2.75) is 64.2 Å². The predicted molar refractivity (Wildman–Crippen MR) is 118 cm³/mol. The standard InChI is InChI=1S/C27H30N.Ir/c1-6-18-11-7-8-12-20(18)25(28)19-15-16-23-24(17-19)27(4,5)22-14-10-9-13-21(22)26(23,2)3;/h6,9-10,13-14,16-17,28H,1,7-8,11-12H2,2-5H3;/q-1;. The number of hydrogen-bond acceptors (Lipinski definition) is 1.